The van der Waals surface area contributed by atoms with E-state index in [1.165, 1.54) is 70.6 Å². The lowest BCUT2D eigenvalue weighted by Crippen LogP contribution is -2.18. The van der Waals surface area contributed by atoms with E-state index in [9.17, 15) is 0 Å². The number of unbranched alkanes of at least 4 members (excludes halogenated alkanes) is 1. The largest absolute Gasteiger partial charge is 0.0683 e. The van der Waals surface area contributed by atoms with Crippen LogP contribution in [0.25, 0.3) is 0 Å². The third-order valence-corrected chi connectivity index (χ3v) is 5.30. The second-order valence-corrected chi connectivity index (χ2v) is 7.80. The van der Waals surface area contributed by atoms with Crippen LogP contribution < -0.4 is 0 Å². The van der Waals surface area contributed by atoms with Gasteiger partial charge in [0.2, 0.25) is 0 Å². The minimum atomic E-state index is 0.968. The van der Waals surface area contributed by atoms with Gasteiger partial charge in [0.25, 0.3) is 0 Å². The fraction of sp³-hybridized carbons (Fsp3) is 1.00. The highest BCUT2D eigenvalue weighted by molar-refractivity contribution is 4.73. The van der Waals surface area contributed by atoms with Gasteiger partial charge < -0.3 is 0 Å². The highest BCUT2D eigenvalue weighted by Gasteiger charge is 2.21. The molecule has 0 aromatic heterocycles. The molecule has 0 bridgehead atoms. The molecule has 0 amide bonds. The summed E-state index contributed by atoms with van der Waals surface area (Å²) in [5.41, 5.74) is 0. The molecule has 0 aliphatic heterocycles. The fourth-order valence-electron chi connectivity index (χ4n) is 2.70. The lowest BCUT2D eigenvalue weighted by Gasteiger charge is -2.30. The van der Waals surface area contributed by atoms with Gasteiger partial charge in [-0.25, -0.2) is 0 Å². The standard InChI is InChI=1S/C9H20.C8H16.C4H8.2C2H6/c1-4-6-8-9(3)7-5-2;1-3-7(2)8-5-4-6-8;1-4-2-3-4;2*1-2/h9H,4-8H2,1-3H3;7-8H,3-6H2,1-2H3;4H,2-3H2,1H3;2*1-2H3. The van der Waals surface area contributed by atoms with E-state index in [2.05, 4.69) is 41.5 Å². The molecule has 25 heavy (non-hydrogen) atoms. The number of hydrogen-bond donors (Lipinski definition) is 0. The Morgan fingerprint density at radius 2 is 1.24 bits per heavy atom. The van der Waals surface area contributed by atoms with E-state index >= 15 is 0 Å². The lowest BCUT2D eigenvalue weighted by molar-refractivity contribution is 0.215. The molecule has 0 N–H and O–H groups in total. The zero-order valence-corrected chi connectivity index (χ0v) is 20.1. The van der Waals surface area contributed by atoms with E-state index in [4.69, 9.17) is 0 Å². The van der Waals surface area contributed by atoms with Gasteiger partial charge in [-0.1, -0.05) is 140 Å². The third kappa shape index (κ3) is 24.0. The molecule has 2 fully saturated rings. The van der Waals surface area contributed by atoms with Gasteiger partial charge in [-0.3, -0.25) is 0 Å². The minimum Gasteiger partial charge on any atom is -0.0683 e. The molecule has 2 unspecified atom stereocenters. The van der Waals surface area contributed by atoms with Crippen molar-refractivity contribution in [3.05, 3.63) is 0 Å². The number of hydrogen-bond acceptors (Lipinski definition) is 0. The summed E-state index contributed by atoms with van der Waals surface area (Å²) in [6.07, 6.45) is 15.8. The summed E-state index contributed by atoms with van der Waals surface area (Å²) in [5.74, 6) is 4.15. The predicted molar refractivity (Wildman–Crippen MR) is 121 cm³/mol. The van der Waals surface area contributed by atoms with E-state index in [1.807, 2.05) is 27.7 Å². The maximum Gasteiger partial charge on any atom is -0.0389 e. The highest BCUT2D eigenvalue weighted by atomic mass is 14.3. The fourth-order valence-corrected chi connectivity index (χ4v) is 2.70. The Bertz CT molecular complexity index is 197. The summed E-state index contributed by atoms with van der Waals surface area (Å²) in [6.45, 7) is 21.8. The topological polar surface area (TPSA) is 0 Å². The zero-order valence-electron chi connectivity index (χ0n) is 20.1. The van der Waals surface area contributed by atoms with E-state index in [0.29, 0.717) is 0 Å². The normalized spacial score (nSPS) is 17.5. The van der Waals surface area contributed by atoms with Gasteiger partial charge >= 0.3 is 0 Å². The summed E-state index contributed by atoms with van der Waals surface area (Å²) >= 11 is 0. The SMILES string of the molecule is CC.CC.CC1CC1.CCC(C)C1CCC1.CCCCC(C)CCC. The van der Waals surface area contributed by atoms with E-state index < -0.39 is 0 Å². The summed E-state index contributed by atoms with van der Waals surface area (Å²) in [5, 5.41) is 0. The molecule has 2 aliphatic rings. The summed E-state index contributed by atoms with van der Waals surface area (Å²) < 4.78 is 0. The van der Waals surface area contributed by atoms with Crippen molar-refractivity contribution in [3.63, 3.8) is 0 Å². The number of rotatable bonds is 7. The Morgan fingerprint density at radius 3 is 1.44 bits per heavy atom. The van der Waals surface area contributed by atoms with Crippen LogP contribution >= 0.6 is 0 Å². The summed E-state index contributed by atoms with van der Waals surface area (Å²) in [7, 11) is 0. The first-order valence-corrected chi connectivity index (χ1v) is 12.0. The van der Waals surface area contributed by atoms with Crippen LogP contribution in [0.15, 0.2) is 0 Å². The van der Waals surface area contributed by atoms with Crippen LogP contribution in [-0.2, 0) is 0 Å². The molecule has 0 spiro atoms. The third-order valence-electron chi connectivity index (χ3n) is 5.30. The first-order valence-electron chi connectivity index (χ1n) is 12.0. The Hall–Kier alpha value is 0. The summed E-state index contributed by atoms with van der Waals surface area (Å²) in [6, 6.07) is 0. The van der Waals surface area contributed by atoms with Crippen molar-refractivity contribution in [2.24, 2.45) is 23.7 Å². The van der Waals surface area contributed by atoms with E-state index in [0.717, 1.165) is 23.7 Å². The van der Waals surface area contributed by atoms with Crippen LogP contribution in [0.4, 0.5) is 0 Å². The van der Waals surface area contributed by atoms with Gasteiger partial charge in [0.1, 0.15) is 0 Å². The second kappa shape index (κ2) is 24.0. The molecular weight excluding hydrogens is 300 g/mol. The highest BCUT2D eigenvalue weighted by Crippen LogP contribution is 2.34. The molecule has 0 radical (unpaired) electrons. The van der Waals surface area contributed by atoms with Crippen molar-refractivity contribution < 1.29 is 0 Å². The molecule has 2 saturated carbocycles. The van der Waals surface area contributed by atoms with Crippen LogP contribution in [-0.4, -0.2) is 0 Å². The van der Waals surface area contributed by atoms with Crippen LogP contribution in [0.1, 0.15) is 140 Å². The lowest BCUT2D eigenvalue weighted by atomic mass is 9.76. The average molecular weight is 357 g/mol. The predicted octanol–water partition coefficient (Wildman–Crippen LogP) is 9.91. The van der Waals surface area contributed by atoms with Crippen molar-refractivity contribution in [2.45, 2.75) is 140 Å². The molecule has 2 rings (SSSR count). The van der Waals surface area contributed by atoms with E-state index in [1.54, 1.807) is 0 Å². The molecule has 0 aromatic carbocycles. The van der Waals surface area contributed by atoms with Crippen LogP contribution in [0.3, 0.4) is 0 Å². The first kappa shape index (κ1) is 29.8. The van der Waals surface area contributed by atoms with Crippen LogP contribution in [0, 0.1) is 23.7 Å². The molecule has 0 heteroatoms. The van der Waals surface area contributed by atoms with Crippen molar-refractivity contribution in [2.75, 3.05) is 0 Å². The second-order valence-electron chi connectivity index (χ2n) is 7.80. The Labute approximate surface area is 164 Å². The van der Waals surface area contributed by atoms with Crippen LogP contribution in [0.2, 0.25) is 0 Å². The molecular formula is C25H56. The van der Waals surface area contributed by atoms with Gasteiger partial charge in [-0.15, -0.1) is 0 Å². The molecule has 156 valence electrons. The van der Waals surface area contributed by atoms with Crippen molar-refractivity contribution in [1.29, 1.82) is 0 Å². The zero-order chi connectivity index (χ0) is 20.1. The molecule has 2 atom stereocenters. The van der Waals surface area contributed by atoms with Crippen molar-refractivity contribution in [3.8, 4) is 0 Å². The van der Waals surface area contributed by atoms with E-state index in [-0.39, 0.29) is 0 Å². The van der Waals surface area contributed by atoms with Gasteiger partial charge in [0, 0.05) is 0 Å². The van der Waals surface area contributed by atoms with Crippen molar-refractivity contribution >= 4 is 0 Å². The monoisotopic (exact) mass is 356 g/mol. The molecule has 0 heterocycles. The van der Waals surface area contributed by atoms with Crippen molar-refractivity contribution in [1.82, 2.24) is 0 Å². The first-order chi connectivity index (χ1) is 12.0. The van der Waals surface area contributed by atoms with Gasteiger partial charge in [-0.05, 0) is 23.7 Å². The van der Waals surface area contributed by atoms with Crippen LogP contribution in [0.5, 0.6) is 0 Å². The Kier molecular flexibility index (Phi) is 28.6. The minimum absolute atomic E-state index is 0.968. The van der Waals surface area contributed by atoms with Gasteiger partial charge in [0.15, 0.2) is 0 Å². The Balaban J connectivity index is -0.000000275. The quantitative estimate of drug-likeness (QED) is 0.425. The molecule has 0 nitrogen and oxygen atoms in total. The molecule has 2 aliphatic carbocycles. The smallest absolute Gasteiger partial charge is 0.0389 e. The van der Waals surface area contributed by atoms with Gasteiger partial charge in [-0.2, -0.15) is 0 Å². The molecule has 0 saturated heterocycles. The Morgan fingerprint density at radius 1 is 0.760 bits per heavy atom. The molecule has 0 aromatic rings. The average Bonchev–Trinajstić information content (AvgIpc) is 3.38. The maximum atomic E-state index is 2.38. The summed E-state index contributed by atoms with van der Waals surface area (Å²) in [4.78, 5) is 0. The van der Waals surface area contributed by atoms with Gasteiger partial charge in [0.05, 0.1) is 0 Å². The maximum absolute atomic E-state index is 2.38.